The van der Waals surface area contributed by atoms with Gasteiger partial charge in [-0.3, -0.25) is 0 Å². The van der Waals surface area contributed by atoms with Gasteiger partial charge in [-0.05, 0) is 56.9 Å². The third-order valence-electron chi connectivity index (χ3n) is 4.18. The lowest BCUT2D eigenvalue weighted by atomic mass is 10.0. The molecule has 0 fully saturated rings. The molecule has 2 nitrogen and oxygen atoms in total. The summed E-state index contributed by atoms with van der Waals surface area (Å²) in [4.78, 5) is 4.84. The molecule has 21 heavy (non-hydrogen) atoms. The van der Waals surface area contributed by atoms with Crippen LogP contribution in [-0.4, -0.2) is 4.98 Å². The number of hydrogen-bond acceptors (Lipinski definition) is 3. The summed E-state index contributed by atoms with van der Waals surface area (Å²) in [7, 11) is 0. The Hall–Kier alpha value is -1.87. The molecule has 0 bridgehead atoms. The van der Waals surface area contributed by atoms with E-state index >= 15 is 0 Å². The average molecular weight is 295 g/mol. The number of benzene rings is 1. The molecule has 0 N–H and O–H groups in total. The van der Waals surface area contributed by atoms with Crippen molar-refractivity contribution < 1.29 is 4.42 Å². The molecule has 2 heterocycles. The number of fused-ring (bicyclic) bond motifs is 2. The van der Waals surface area contributed by atoms with Gasteiger partial charge in [-0.2, -0.15) is 0 Å². The second kappa shape index (κ2) is 4.57. The van der Waals surface area contributed by atoms with Gasteiger partial charge in [0.2, 0.25) is 0 Å². The highest BCUT2D eigenvalue weighted by molar-refractivity contribution is 7.13. The van der Waals surface area contributed by atoms with Gasteiger partial charge in [0.25, 0.3) is 0 Å². The zero-order valence-corrected chi connectivity index (χ0v) is 13.3. The summed E-state index contributed by atoms with van der Waals surface area (Å²) in [6.07, 6.45) is 2.28. The molecule has 1 aliphatic carbocycles. The van der Waals surface area contributed by atoms with Crippen molar-refractivity contribution in [1.29, 1.82) is 0 Å². The van der Waals surface area contributed by atoms with Crippen LogP contribution in [0.2, 0.25) is 0 Å². The minimum absolute atomic E-state index is 0.885. The Kier molecular flexibility index (Phi) is 2.79. The molecule has 0 spiro atoms. The normalized spacial score (nSPS) is 14.8. The van der Waals surface area contributed by atoms with E-state index in [1.165, 1.54) is 26.6 Å². The Morgan fingerprint density at radius 1 is 1.05 bits per heavy atom. The maximum absolute atomic E-state index is 6.01. The third kappa shape index (κ3) is 2.04. The van der Waals surface area contributed by atoms with E-state index in [9.17, 15) is 0 Å². The summed E-state index contributed by atoms with van der Waals surface area (Å²) in [5.74, 6) is 0.885. The highest BCUT2D eigenvalue weighted by atomic mass is 32.1. The van der Waals surface area contributed by atoms with Gasteiger partial charge >= 0.3 is 0 Å². The molecule has 0 amide bonds. The van der Waals surface area contributed by atoms with Crippen molar-refractivity contribution in [1.82, 2.24) is 4.98 Å². The van der Waals surface area contributed by atoms with Crippen LogP contribution in [0.4, 0.5) is 0 Å². The van der Waals surface area contributed by atoms with E-state index in [2.05, 4.69) is 45.0 Å². The average Bonchev–Trinajstić information content (AvgIpc) is 3.06. The Morgan fingerprint density at radius 2 is 1.86 bits per heavy atom. The summed E-state index contributed by atoms with van der Waals surface area (Å²) >= 11 is 1.76. The second-order valence-electron chi connectivity index (χ2n) is 5.91. The van der Waals surface area contributed by atoms with Crippen molar-refractivity contribution >= 4 is 33.5 Å². The van der Waals surface area contributed by atoms with Crippen LogP contribution in [0, 0.1) is 6.92 Å². The monoisotopic (exact) mass is 295 g/mol. The first-order valence-corrected chi connectivity index (χ1v) is 8.10. The topological polar surface area (TPSA) is 26.0 Å². The Labute approximate surface area is 127 Å². The largest absolute Gasteiger partial charge is 0.454 e. The predicted molar refractivity (Wildman–Crippen MR) is 88.7 cm³/mol. The van der Waals surface area contributed by atoms with Crippen molar-refractivity contribution in [2.75, 3.05) is 0 Å². The zero-order chi connectivity index (χ0) is 14.6. The van der Waals surface area contributed by atoms with Crippen LogP contribution >= 0.6 is 11.3 Å². The summed E-state index contributed by atoms with van der Waals surface area (Å²) in [6, 6.07) is 8.41. The smallest absolute Gasteiger partial charge is 0.164 e. The van der Waals surface area contributed by atoms with Gasteiger partial charge < -0.3 is 4.42 Å². The molecule has 0 aliphatic heterocycles. The molecule has 3 aromatic rings. The molecule has 106 valence electrons. The summed E-state index contributed by atoms with van der Waals surface area (Å²) in [6.45, 7) is 6.49. The molecular weight excluding hydrogens is 278 g/mol. The molecule has 0 saturated carbocycles. The number of furan rings is 1. The molecule has 0 saturated heterocycles. The fourth-order valence-corrected chi connectivity index (χ4v) is 3.98. The van der Waals surface area contributed by atoms with Crippen LogP contribution < -0.4 is 9.88 Å². The van der Waals surface area contributed by atoms with E-state index in [0.717, 1.165) is 34.6 Å². The molecule has 0 radical (unpaired) electrons. The van der Waals surface area contributed by atoms with E-state index < -0.39 is 0 Å². The van der Waals surface area contributed by atoms with Gasteiger partial charge in [0.05, 0.1) is 9.88 Å². The second-order valence-corrected chi connectivity index (χ2v) is 6.91. The quantitative estimate of drug-likeness (QED) is 0.678. The van der Waals surface area contributed by atoms with Crippen molar-refractivity contribution in [2.45, 2.75) is 33.6 Å². The van der Waals surface area contributed by atoms with Crippen LogP contribution in [0.1, 0.15) is 32.3 Å². The fourth-order valence-electron chi connectivity index (χ4n) is 2.85. The van der Waals surface area contributed by atoms with Crippen molar-refractivity contribution in [3.63, 3.8) is 0 Å². The molecule has 2 aromatic heterocycles. The first-order chi connectivity index (χ1) is 10.1. The van der Waals surface area contributed by atoms with E-state index in [0.29, 0.717) is 0 Å². The molecule has 1 aliphatic rings. The molecule has 0 unspecified atom stereocenters. The number of nitrogens with zero attached hydrogens (tertiary/aromatic N) is 1. The van der Waals surface area contributed by atoms with Crippen LogP contribution in [0.5, 0.6) is 0 Å². The van der Waals surface area contributed by atoms with E-state index in [1.54, 1.807) is 11.3 Å². The van der Waals surface area contributed by atoms with Gasteiger partial charge in [0.1, 0.15) is 5.58 Å². The minimum Gasteiger partial charge on any atom is -0.454 e. The highest BCUT2D eigenvalue weighted by Gasteiger charge is 2.14. The maximum Gasteiger partial charge on any atom is 0.164 e. The number of thiazole rings is 1. The van der Waals surface area contributed by atoms with Crippen LogP contribution in [-0.2, 0) is 0 Å². The lowest BCUT2D eigenvalue weighted by Crippen LogP contribution is -2.28. The van der Waals surface area contributed by atoms with Crippen LogP contribution in [0.25, 0.3) is 32.9 Å². The van der Waals surface area contributed by atoms with Gasteiger partial charge in [-0.25, -0.2) is 4.98 Å². The summed E-state index contributed by atoms with van der Waals surface area (Å²) in [5.41, 5.74) is 5.01. The molecule has 4 rings (SSSR count). The lowest BCUT2D eigenvalue weighted by molar-refractivity contribution is 0.630. The highest BCUT2D eigenvalue weighted by Crippen LogP contribution is 2.28. The van der Waals surface area contributed by atoms with Crippen LogP contribution in [0.3, 0.4) is 0 Å². The molecule has 1 aromatic carbocycles. The molecule has 0 atom stereocenters. The first-order valence-electron chi connectivity index (χ1n) is 7.29. The van der Waals surface area contributed by atoms with Gasteiger partial charge in [-0.15, -0.1) is 11.3 Å². The van der Waals surface area contributed by atoms with Gasteiger partial charge in [-0.1, -0.05) is 17.7 Å². The van der Waals surface area contributed by atoms with Crippen molar-refractivity contribution in [3.05, 3.63) is 39.7 Å². The first kappa shape index (κ1) is 12.8. The Bertz CT molecular complexity index is 935. The van der Waals surface area contributed by atoms with E-state index in [1.807, 2.05) is 0 Å². The third-order valence-corrected chi connectivity index (χ3v) is 5.41. The fraction of sp³-hybridized carbons (Fsp3) is 0.278. The van der Waals surface area contributed by atoms with E-state index in [-0.39, 0.29) is 0 Å². The summed E-state index contributed by atoms with van der Waals surface area (Å²) < 4.78 is 7.35. The minimum atomic E-state index is 0.885. The molecular formula is C18H17NOS. The predicted octanol–water partition coefficient (Wildman–Crippen LogP) is 4.00. The number of hydrogen-bond donors (Lipinski definition) is 0. The van der Waals surface area contributed by atoms with Gasteiger partial charge in [0, 0.05) is 5.39 Å². The Balaban J connectivity index is 1.96. The SMILES string of the molecule is CC1=c2nc(-c3cc4ccc(C)cc4o3)sc2=C(C)CC1. The van der Waals surface area contributed by atoms with Crippen molar-refractivity contribution in [3.8, 4) is 10.8 Å². The number of aryl methyl sites for hydroxylation is 1. The standard InChI is InChI=1S/C18H17NOS/c1-10-4-7-13-9-15(20-14(13)8-10)18-19-16-11(2)5-6-12(3)17(16)21-18/h4,7-9H,5-6H2,1-3H3. The lowest BCUT2D eigenvalue weighted by Gasteiger charge is -2.05. The number of aromatic nitrogens is 1. The van der Waals surface area contributed by atoms with E-state index in [4.69, 9.17) is 9.40 Å². The van der Waals surface area contributed by atoms with Crippen LogP contribution in [0.15, 0.2) is 28.7 Å². The van der Waals surface area contributed by atoms with Crippen molar-refractivity contribution in [2.24, 2.45) is 0 Å². The maximum atomic E-state index is 6.01. The zero-order valence-electron chi connectivity index (χ0n) is 12.5. The molecule has 3 heteroatoms. The number of rotatable bonds is 1. The van der Waals surface area contributed by atoms with Gasteiger partial charge in [0.15, 0.2) is 10.8 Å². The Morgan fingerprint density at radius 3 is 2.67 bits per heavy atom. The summed E-state index contributed by atoms with van der Waals surface area (Å²) in [5, 5.41) is 3.31.